The summed E-state index contributed by atoms with van der Waals surface area (Å²) >= 11 is 7.27. The number of amides is 1. The smallest absolute Gasteiger partial charge is 0.238 e. The van der Waals surface area contributed by atoms with Crippen LogP contribution in [0, 0.1) is 11.3 Å². The van der Waals surface area contributed by atoms with Gasteiger partial charge in [-0.3, -0.25) is 9.59 Å². The molecule has 102 valence electrons. The number of hydrogen-bond acceptors (Lipinski definition) is 4. The highest BCUT2D eigenvalue weighted by Gasteiger charge is 2.32. The van der Waals surface area contributed by atoms with Gasteiger partial charge in [0.25, 0.3) is 0 Å². The van der Waals surface area contributed by atoms with Crippen LogP contribution in [-0.2, 0) is 16.0 Å². The molecular weight excluding hydrogens is 296 g/mol. The predicted molar refractivity (Wildman–Crippen MR) is 78.0 cm³/mol. The van der Waals surface area contributed by atoms with Crippen LogP contribution in [0.3, 0.4) is 0 Å². The Labute approximate surface area is 125 Å². The van der Waals surface area contributed by atoms with E-state index in [4.69, 9.17) is 16.9 Å². The van der Waals surface area contributed by atoms with Gasteiger partial charge in [0, 0.05) is 5.02 Å². The fraction of sp³-hybridized carbons (Fsp3) is 0.214. The van der Waals surface area contributed by atoms with E-state index in [1.165, 1.54) is 18.7 Å². The lowest BCUT2D eigenvalue weighted by Crippen LogP contribution is -2.24. The molecule has 1 unspecified atom stereocenters. The van der Waals surface area contributed by atoms with E-state index in [9.17, 15) is 9.59 Å². The van der Waals surface area contributed by atoms with Crippen LogP contribution in [0.25, 0.3) is 0 Å². The van der Waals surface area contributed by atoms with Gasteiger partial charge in [-0.05, 0) is 25.0 Å². The summed E-state index contributed by atoms with van der Waals surface area (Å²) in [5.74, 6) is -0.562. The molecule has 1 atom stereocenters. The maximum Gasteiger partial charge on any atom is 0.238 e. The highest BCUT2D eigenvalue weighted by atomic mass is 35.5. The number of Topliss-reactive ketones (excluding diaryl/α,β-unsaturated/α-hetero) is 1. The van der Waals surface area contributed by atoms with Crippen molar-refractivity contribution in [3.63, 3.8) is 0 Å². The molecule has 1 aromatic rings. The van der Waals surface area contributed by atoms with Gasteiger partial charge in [-0.25, -0.2) is 0 Å². The van der Waals surface area contributed by atoms with Crippen molar-refractivity contribution in [1.29, 1.82) is 5.26 Å². The number of carbonyl (C=O) groups is 2. The van der Waals surface area contributed by atoms with E-state index in [2.05, 4.69) is 5.32 Å². The first-order chi connectivity index (χ1) is 9.52. The van der Waals surface area contributed by atoms with Gasteiger partial charge in [0.05, 0.1) is 10.3 Å². The Balaban J connectivity index is 2.21. The molecule has 2 rings (SSSR count). The molecule has 4 nitrogen and oxygen atoms in total. The molecule has 1 saturated heterocycles. The molecule has 1 aliphatic heterocycles. The SMILES string of the molecule is CC(=O)C(C#N)=C1NC(=O)C(Cc2ccccc2Cl)S1. The fourth-order valence-corrected chi connectivity index (χ4v) is 3.22. The number of thioether (sulfide) groups is 1. The van der Waals surface area contributed by atoms with Crippen molar-refractivity contribution in [2.24, 2.45) is 0 Å². The number of nitriles is 1. The lowest BCUT2D eigenvalue weighted by Gasteiger charge is -2.07. The molecule has 20 heavy (non-hydrogen) atoms. The third kappa shape index (κ3) is 3.03. The van der Waals surface area contributed by atoms with E-state index >= 15 is 0 Å². The van der Waals surface area contributed by atoms with Gasteiger partial charge in [-0.1, -0.05) is 41.6 Å². The molecular formula is C14H11ClN2O2S. The first kappa shape index (κ1) is 14.6. The van der Waals surface area contributed by atoms with E-state index in [1.807, 2.05) is 24.3 Å². The maximum atomic E-state index is 11.9. The van der Waals surface area contributed by atoms with E-state index in [0.29, 0.717) is 16.5 Å². The molecule has 0 bridgehead atoms. The van der Waals surface area contributed by atoms with Crippen LogP contribution in [0.4, 0.5) is 0 Å². The maximum absolute atomic E-state index is 11.9. The summed E-state index contributed by atoms with van der Waals surface area (Å²) in [6.07, 6.45) is 0.455. The summed E-state index contributed by atoms with van der Waals surface area (Å²) in [6.45, 7) is 1.31. The Kier molecular flexibility index (Phi) is 4.48. The average Bonchev–Trinajstić information content (AvgIpc) is 2.74. The monoisotopic (exact) mass is 306 g/mol. The van der Waals surface area contributed by atoms with Gasteiger partial charge in [0.15, 0.2) is 5.78 Å². The van der Waals surface area contributed by atoms with Crippen molar-refractivity contribution in [1.82, 2.24) is 5.32 Å². The number of benzene rings is 1. The van der Waals surface area contributed by atoms with Gasteiger partial charge in [0.2, 0.25) is 5.91 Å². The molecule has 1 fully saturated rings. The van der Waals surface area contributed by atoms with Crippen molar-refractivity contribution in [3.05, 3.63) is 45.5 Å². The molecule has 1 aliphatic rings. The highest BCUT2D eigenvalue weighted by Crippen LogP contribution is 2.33. The summed E-state index contributed by atoms with van der Waals surface area (Å²) in [5, 5.41) is 12.1. The second-order valence-corrected chi connectivity index (χ2v) is 5.88. The average molecular weight is 307 g/mol. The van der Waals surface area contributed by atoms with E-state index in [0.717, 1.165) is 5.56 Å². The minimum absolute atomic E-state index is 0.00925. The summed E-state index contributed by atoms with van der Waals surface area (Å²) in [6, 6.07) is 9.12. The molecule has 6 heteroatoms. The molecule has 1 amide bonds. The van der Waals surface area contributed by atoms with Gasteiger partial charge in [-0.15, -0.1) is 0 Å². The Bertz CT molecular complexity index is 649. The number of allylic oxidation sites excluding steroid dienone is 1. The van der Waals surface area contributed by atoms with Crippen LogP contribution in [0.1, 0.15) is 12.5 Å². The van der Waals surface area contributed by atoms with E-state index in [-0.39, 0.29) is 22.5 Å². The van der Waals surface area contributed by atoms with Crippen LogP contribution in [0.5, 0.6) is 0 Å². The molecule has 0 spiro atoms. The van der Waals surface area contributed by atoms with Crippen LogP contribution in [0.2, 0.25) is 5.02 Å². The number of rotatable bonds is 3. The van der Waals surface area contributed by atoms with Crippen molar-refractivity contribution < 1.29 is 9.59 Å². The summed E-state index contributed by atoms with van der Waals surface area (Å²) in [5.41, 5.74) is 0.856. The zero-order valence-electron chi connectivity index (χ0n) is 10.6. The standard InChI is InChI=1S/C14H11ClN2O2S/c1-8(18)10(7-16)14-17-13(19)12(20-14)6-9-4-2-3-5-11(9)15/h2-5,12H,6H2,1H3,(H,17,19). The number of nitrogens with zero attached hydrogens (tertiary/aromatic N) is 1. The van der Waals surface area contributed by atoms with Crippen molar-refractivity contribution >= 4 is 35.1 Å². The van der Waals surface area contributed by atoms with Crippen LogP contribution >= 0.6 is 23.4 Å². The first-order valence-electron chi connectivity index (χ1n) is 5.89. The van der Waals surface area contributed by atoms with Gasteiger partial charge in [-0.2, -0.15) is 5.26 Å². The summed E-state index contributed by atoms with van der Waals surface area (Å²) < 4.78 is 0. The number of ketones is 1. The Morgan fingerprint density at radius 1 is 1.50 bits per heavy atom. The number of nitrogens with one attached hydrogen (secondary N) is 1. The predicted octanol–water partition coefficient (Wildman–Crippen LogP) is 2.44. The molecule has 0 aromatic heterocycles. The van der Waals surface area contributed by atoms with Crippen LogP contribution in [-0.4, -0.2) is 16.9 Å². The minimum atomic E-state index is -0.382. The lowest BCUT2D eigenvalue weighted by molar-refractivity contribution is -0.119. The largest absolute Gasteiger partial charge is 0.318 e. The Morgan fingerprint density at radius 3 is 2.80 bits per heavy atom. The molecule has 1 aromatic carbocycles. The zero-order chi connectivity index (χ0) is 14.7. The normalized spacial score (nSPS) is 20.2. The Morgan fingerprint density at radius 2 is 2.20 bits per heavy atom. The molecule has 1 heterocycles. The van der Waals surface area contributed by atoms with Gasteiger partial charge >= 0.3 is 0 Å². The number of carbonyl (C=O) groups excluding carboxylic acids is 2. The molecule has 0 radical (unpaired) electrons. The van der Waals surface area contributed by atoms with Crippen LogP contribution in [0.15, 0.2) is 34.9 Å². The van der Waals surface area contributed by atoms with Crippen molar-refractivity contribution in [3.8, 4) is 6.07 Å². The molecule has 0 aliphatic carbocycles. The second kappa shape index (κ2) is 6.12. The first-order valence-corrected chi connectivity index (χ1v) is 7.15. The van der Waals surface area contributed by atoms with Crippen LogP contribution < -0.4 is 5.32 Å². The molecule has 1 N–H and O–H groups in total. The quantitative estimate of drug-likeness (QED) is 0.688. The topological polar surface area (TPSA) is 70.0 Å². The van der Waals surface area contributed by atoms with Crippen molar-refractivity contribution in [2.45, 2.75) is 18.6 Å². The Hall–Kier alpha value is -1.77. The fourth-order valence-electron chi connectivity index (χ4n) is 1.83. The zero-order valence-corrected chi connectivity index (χ0v) is 12.2. The lowest BCUT2D eigenvalue weighted by atomic mass is 10.1. The highest BCUT2D eigenvalue weighted by molar-refractivity contribution is 8.04. The third-order valence-electron chi connectivity index (χ3n) is 2.84. The second-order valence-electron chi connectivity index (χ2n) is 4.26. The summed E-state index contributed by atoms with van der Waals surface area (Å²) in [4.78, 5) is 23.2. The van der Waals surface area contributed by atoms with E-state index in [1.54, 1.807) is 6.07 Å². The number of halogens is 1. The summed E-state index contributed by atoms with van der Waals surface area (Å²) in [7, 11) is 0. The third-order valence-corrected chi connectivity index (χ3v) is 4.42. The van der Waals surface area contributed by atoms with Crippen molar-refractivity contribution in [2.75, 3.05) is 0 Å². The van der Waals surface area contributed by atoms with Gasteiger partial charge < -0.3 is 5.32 Å². The van der Waals surface area contributed by atoms with E-state index < -0.39 is 0 Å². The number of hydrogen-bond donors (Lipinski definition) is 1. The molecule has 0 saturated carbocycles. The van der Waals surface area contributed by atoms with Gasteiger partial charge in [0.1, 0.15) is 11.6 Å². The minimum Gasteiger partial charge on any atom is -0.318 e.